The number of halogens is 1. The van der Waals surface area contributed by atoms with Gasteiger partial charge in [0.15, 0.2) is 0 Å². The lowest BCUT2D eigenvalue weighted by Crippen LogP contribution is -2.36. The Balaban J connectivity index is 1.48. The molecule has 1 N–H and O–H groups in total. The monoisotopic (exact) mass is 369 g/mol. The second-order valence-corrected chi connectivity index (χ2v) is 7.38. The molecule has 0 bridgehead atoms. The molecule has 0 aliphatic carbocycles. The minimum absolute atomic E-state index is 0.0326. The van der Waals surface area contributed by atoms with Crippen molar-refractivity contribution in [2.24, 2.45) is 0 Å². The van der Waals surface area contributed by atoms with Gasteiger partial charge in [-0.25, -0.2) is 4.39 Å². The van der Waals surface area contributed by atoms with Gasteiger partial charge in [-0.2, -0.15) is 0 Å². The van der Waals surface area contributed by atoms with E-state index in [-0.39, 0.29) is 11.7 Å². The lowest BCUT2D eigenvalue weighted by Gasteiger charge is -2.21. The number of nitrogens with one attached hydrogen (secondary N) is 1. The zero-order chi connectivity index (χ0) is 19.2. The summed E-state index contributed by atoms with van der Waals surface area (Å²) in [7, 11) is 0. The van der Waals surface area contributed by atoms with Crippen LogP contribution in [-0.4, -0.2) is 48.4 Å². The summed E-state index contributed by atoms with van der Waals surface area (Å²) in [4.78, 5) is 17.0. The highest BCUT2D eigenvalue weighted by Gasteiger charge is 2.17. The van der Waals surface area contributed by atoms with E-state index in [1.54, 1.807) is 0 Å². The van der Waals surface area contributed by atoms with Crippen molar-refractivity contribution in [3.63, 3.8) is 0 Å². The molecular weight excluding hydrogens is 341 g/mol. The molecule has 1 amide bonds. The molecule has 3 rings (SSSR count). The van der Waals surface area contributed by atoms with Crippen LogP contribution in [-0.2, 0) is 11.3 Å². The van der Waals surface area contributed by atoms with E-state index in [1.807, 2.05) is 30.3 Å². The second-order valence-electron chi connectivity index (χ2n) is 7.38. The smallest absolute Gasteiger partial charge is 0.238 e. The van der Waals surface area contributed by atoms with Crippen LogP contribution in [0.3, 0.4) is 0 Å². The number of rotatable bonds is 5. The first-order valence-electron chi connectivity index (χ1n) is 9.56. The SMILES string of the molecule is Cc1ccc(NC(=O)CN2CCCN(Cc3ccc(F)cc3)CC2)cc1C. The normalized spacial score (nSPS) is 16.1. The Morgan fingerprint density at radius 3 is 2.41 bits per heavy atom. The van der Waals surface area contributed by atoms with Crippen molar-refractivity contribution >= 4 is 11.6 Å². The van der Waals surface area contributed by atoms with Gasteiger partial charge in [-0.05, 0) is 74.3 Å². The first-order chi connectivity index (χ1) is 13.0. The van der Waals surface area contributed by atoms with Crippen LogP contribution in [0.15, 0.2) is 42.5 Å². The molecule has 1 aliphatic rings. The third kappa shape index (κ3) is 5.88. The van der Waals surface area contributed by atoms with E-state index in [4.69, 9.17) is 0 Å². The van der Waals surface area contributed by atoms with Gasteiger partial charge in [-0.1, -0.05) is 18.2 Å². The van der Waals surface area contributed by atoms with Crippen LogP contribution in [0.1, 0.15) is 23.1 Å². The number of aryl methyl sites for hydroxylation is 2. The van der Waals surface area contributed by atoms with Crippen molar-refractivity contribution in [2.75, 3.05) is 38.0 Å². The van der Waals surface area contributed by atoms with E-state index in [2.05, 4.69) is 29.0 Å². The van der Waals surface area contributed by atoms with Crippen molar-refractivity contribution < 1.29 is 9.18 Å². The van der Waals surface area contributed by atoms with Crippen LogP contribution >= 0.6 is 0 Å². The van der Waals surface area contributed by atoms with E-state index < -0.39 is 0 Å². The quantitative estimate of drug-likeness (QED) is 0.875. The van der Waals surface area contributed by atoms with Gasteiger partial charge in [0.2, 0.25) is 5.91 Å². The number of amides is 1. The molecule has 0 spiro atoms. The average Bonchev–Trinajstić information content (AvgIpc) is 2.85. The maximum atomic E-state index is 13.0. The summed E-state index contributed by atoms with van der Waals surface area (Å²) in [5.74, 6) is -0.166. The van der Waals surface area contributed by atoms with Crippen molar-refractivity contribution in [3.8, 4) is 0 Å². The molecule has 1 aliphatic heterocycles. The maximum Gasteiger partial charge on any atom is 0.238 e. The molecule has 1 fully saturated rings. The number of carbonyl (C=O) groups excluding carboxylic acids is 1. The predicted octanol–water partition coefficient (Wildman–Crippen LogP) is 3.59. The van der Waals surface area contributed by atoms with Gasteiger partial charge in [0.05, 0.1) is 6.54 Å². The van der Waals surface area contributed by atoms with E-state index in [1.165, 1.54) is 23.3 Å². The Kier molecular flexibility index (Phi) is 6.58. The Morgan fingerprint density at radius 1 is 0.963 bits per heavy atom. The number of carbonyl (C=O) groups is 1. The fraction of sp³-hybridized carbons (Fsp3) is 0.409. The van der Waals surface area contributed by atoms with Crippen LogP contribution in [0.2, 0.25) is 0 Å². The molecule has 144 valence electrons. The molecule has 0 unspecified atom stereocenters. The largest absolute Gasteiger partial charge is 0.325 e. The summed E-state index contributed by atoms with van der Waals surface area (Å²) in [6, 6.07) is 12.7. The van der Waals surface area contributed by atoms with Crippen LogP contribution in [0.25, 0.3) is 0 Å². The van der Waals surface area contributed by atoms with E-state index in [0.29, 0.717) is 6.54 Å². The van der Waals surface area contributed by atoms with Crippen molar-refractivity contribution in [3.05, 3.63) is 65.0 Å². The molecule has 4 nitrogen and oxygen atoms in total. The van der Waals surface area contributed by atoms with Gasteiger partial charge in [0, 0.05) is 25.3 Å². The summed E-state index contributed by atoms with van der Waals surface area (Å²) in [6.45, 7) is 9.04. The highest BCUT2D eigenvalue weighted by molar-refractivity contribution is 5.92. The van der Waals surface area contributed by atoms with Crippen LogP contribution in [0.5, 0.6) is 0 Å². The lowest BCUT2D eigenvalue weighted by molar-refractivity contribution is -0.117. The van der Waals surface area contributed by atoms with Gasteiger partial charge in [-0.15, -0.1) is 0 Å². The topological polar surface area (TPSA) is 35.6 Å². The number of hydrogen-bond acceptors (Lipinski definition) is 3. The van der Waals surface area contributed by atoms with Crippen molar-refractivity contribution in [1.82, 2.24) is 9.80 Å². The Morgan fingerprint density at radius 2 is 1.67 bits per heavy atom. The minimum atomic E-state index is -0.199. The Bertz CT molecular complexity index is 776. The van der Waals surface area contributed by atoms with Gasteiger partial charge in [0.1, 0.15) is 5.82 Å². The minimum Gasteiger partial charge on any atom is -0.325 e. The molecule has 0 atom stereocenters. The van der Waals surface area contributed by atoms with Crippen LogP contribution < -0.4 is 5.32 Å². The van der Waals surface area contributed by atoms with Gasteiger partial charge < -0.3 is 5.32 Å². The molecule has 1 saturated heterocycles. The van der Waals surface area contributed by atoms with Crippen molar-refractivity contribution in [1.29, 1.82) is 0 Å². The van der Waals surface area contributed by atoms with Gasteiger partial charge >= 0.3 is 0 Å². The summed E-state index contributed by atoms with van der Waals surface area (Å²) in [5.41, 5.74) is 4.38. The van der Waals surface area contributed by atoms with Crippen LogP contribution in [0.4, 0.5) is 10.1 Å². The molecule has 2 aromatic rings. The fourth-order valence-corrected chi connectivity index (χ4v) is 3.41. The molecule has 1 heterocycles. The fourth-order valence-electron chi connectivity index (χ4n) is 3.41. The summed E-state index contributed by atoms with van der Waals surface area (Å²) < 4.78 is 13.0. The number of hydrogen-bond donors (Lipinski definition) is 1. The van der Waals surface area contributed by atoms with E-state index in [0.717, 1.165) is 50.4 Å². The molecular formula is C22H28FN3O. The zero-order valence-corrected chi connectivity index (χ0v) is 16.2. The highest BCUT2D eigenvalue weighted by Crippen LogP contribution is 2.14. The van der Waals surface area contributed by atoms with Crippen molar-refractivity contribution in [2.45, 2.75) is 26.8 Å². The predicted molar refractivity (Wildman–Crippen MR) is 107 cm³/mol. The third-order valence-corrected chi connectivity index (χ3v) is 5.16. The molecule has 0 aromatic heterocycles. The number of nitrogens with zero attached hydrogens (tertiary/aromatic N) is 2. The molecule has 27 heavy (non-hydrogen) atoms. The first kappa shape index (κ1) is 19.5. The third-order valence-electron chi connectivity index (χ3n) is 5.16. The Labute approximate surface area is 161 Å². The summed E-state index contributed by atoms with van der Waals surface area (Å²) in [6.07, 6.45) is 1.03. The molecule has 0 radical (unpaired) electrons. The molecule has 0 saturated carbocycles. The van der Waals surface area contributed by atoms with Gasteiger partial charge in [-0.3, -0.25) is 14.6 Å². The first-order valence-corrected chi connectivity index (χ1v) is 9.56. The molecule has 2 aromatic carbocycles. The standard InChI is InChI=1S/C22H28FN3O/c1-17-4-9-21(14-18(17)2)24-22(27)16-26-11-3-10-25(12-13-26)15-19-5-7-20(23)8-6-19/h4-9,14H,3,10-13,15-16H2,1-2H3,(H,24,27). The van der Waals surface area contributed by atoms with E-state index in [9.17, 15) is 9.18 Å². The highest BCUT2D eigenvalue weighted by atomic mass is 19.1. The van der Waals surface area contributed by atoms with Crippen LogP contribution in [0, 0.1) is 19.7 Å². The number of anilines is 1. The summed E-state index contributed by atoms with van der Waals surface area (Å²) in [5, 5.41) is 3.00. The maximum absolute atomic E-state index is 13.0. The molecule has 5 heteroatoms. The van der Waals surface area contributed by atoms with E-state index >= 15 is 0 Å². The zero-order valence-electron chi connectivity index (χ0n) is 16.2. The Hall–Kier alpha value is -2.24. The lowest BCUT2D eigenvalue weighted by atomic mass is 10.1. The van der Waals surface area contributed by atoms with Gasteiger partial charge in [0.25, 0.3) is 0 Å². The second kappa shape index (κ2) is 9.11. The average molecular weight is 369 g/mol. The summed E-state index contributed by atoms with van der Waals surface area (Å²) >= 11 is 0. The number of benzene rings is 2.